The molecule has 4 aromatic rings. The van der Waals surface area contributed by atoms with Crippen molar-refractivity contribution >= 4 is 34.8 Å². The van der Waals surface area contributed by atoms with Crippen molar-refractivity contribution in [3.05, 3.63) is 82.3 Å². The van der Waals surface area contributed by atoms with E-state index in [-0.39, 0.29) is 17.9 Å². The molecule has 0 atom stereocenters. The van der Waals surface area contributed by atoms with E-state index < -0.39 is 0 Å². The van der Waals surface area contributed by atoms with Crippen LogP contribution in [-0.2, 0) is 6.42 Å². The minimum absolute atomic E-state index is 0.0275. The van der Waals surface area contributed by atoms with Crippen molar-refractivity contribution in [2.24, 2.45) is 0 Å². The number of carbonyl (C=O) groups is 2. The van der Waals surface area contributed by atoms with Gasteiger partial charge in [0, 0.05) is 42.7 Å². The summed E-state index contributed by atoms with van der Waals surface area (Å²) < 4.78 is 0. The van der Waals surface area contributed by atoms with Crippen LogP contribution in [0.3, 0.4) is 0 Å². The molecule has 6 rings (SSSR count). The molecule has 0 spiro atoms. The number of aromatic amines is 1. The Bertz CT molecular complexity index is 1410. The number of anilines is 2. The number of benzene rings is 2. The molecule has 2 aliphatic heterocycles. The first-order valence-corrected chi connectivity index (χ1v) is 13.6. The lowest BCUT2D eigenvalue weighted by Gasteiger charge is -2.31. The highest BCUT2D eigenvalue weighted by Gasteiger charge is 2.29. The molecule has 0 bridgehead atoms. The minimum atomic E-state index is -0.150. The van der Waals surface area contributed by atoms with E-state index in [0.717, 1.165) is 54.2 Å². The molecular weight excluding hydrogens is 484 g/mol. The number of hydrogen-bond acceptors (Lipinski definition) is 5. The van der Waals surface area contributed by atoms with Gasteiger partial charge >= 0.3 is 6.03 Å². The summed E-state index contributed by atoms with van der Waals surface area (Å²) in [6, 6.07) is 19.7. The number of H-pyrrole nitrogens is 1. The molecule has 0 radical (unpaired) electrons. The van der Waals surface area contributed by atoms with Crippen LogP contribution >= 0.6 is 11.3 Å². The predicted octanol–water partition coefficient (Wildman–Crippen LogP) is 5.54. The van der Waals surface area contributed by atoms with E-state index in [9.17, 15) is 9.59 Å². The normalized spacial score (nSPS) is 15.9. The number of fused-ring (bicyclic) bond motifs is 1. The summed E-state index contributed by atoms with van der Waals surface area (Å²) in [5.74, 6) is 0.730. The van der Waals surface area contributed by atoms with Crippen molar-refractivity contribution in [3.8, 4) is 11.3 Å². The molecule has 1 saturated heterocycles. The molecule has 37 heavy (non-hydrogen) atoms. The molecule has 2 aliphatic rings. The molecule has 3 amide bonds. The average Bonchev–Trinajstić information content (AvgIpc) is 3.63. The van der Waals surface area contributed by atoms with Gasteiger partial charge in [-0.2, -0.15) is 5.10 Å². The Morgan fingerprint density at radius 3 is 2.62 bits per heavy atom. The van der Waals surface area contributed by atoms with E-state index in [4.69, 9.17) is 4.98 Å². The molecule has 4 heterocycles. The molecule has 0 saturated carbocycles. The maximum Gasteiger partial charge on any atom is 0.323 e. The summed E-state index contributed by atoms with van der Waals surface area (Å²) in [4.78, 5) is 34.5. The predicted molar refractivity (Wildman–Crippen MR) is 145 cm³/mol. The molecule has 9 heteroatoms. The van der Waals surface area contributed by atoms with Crippen molar-refractivity contribution in [1.82, 2.24) is 20.1 Å². The molecule has 2 aromatic carbocycles. The fourth-order valence-electron chi connectivity index (χ4n) is 5.13. The number of amides is 3. The van der Waals surface area contributed by atoms with E-state index in [0.29, 0.717) is 24.6 Å². The summed E-state index contributed by atoms with van der Waals surface area (Å²) in [5, 5.41) is 13.0. The SMILES string of the molecule is O=C(Nc1cc(-c2ccccc2)[nH]n1)N1CCC(c2nc(C(=O)N3CCCc4ccccc43)cs2)CC1. The maximum atomic E-state index is 13.3. The van der Waals surface area contributed by atoms with E-state index >= 15 is 0 Å². The van der Waals surface area contributed by atoms with Crippen LogP contribution in [0.25, 0.3) is 11.3 Å². The summed E-state index contributed by atoms with van der Waals surface area (Å²) in [7, 11) is 0. The number of piperidine rings is 1. The summed E-state index contributed by atoms with van der Waals surface area (Å²) in [5.41, 5.74) is 4.61. The van der Waals surface area contributed by atoms with Gasteiger partial charge in [0.1, 0.15) is 5.69 Å². The first-order chi connectivity index (χ1) is 18.2. The molecule has 2 aromatic heterocycles. The Morgan fingerprint density at radius 1 is 1.00 bits per heavy atom. The fourth-order valence-corrected chi connectivity index (χ4v) is 6.09. The molecule has 1 fully saturated rings. The second-order valence-corrected chi connectivity index (χ2v) is 10.4. The number of thiazole rings is 1. The van der Waals surface area contributed by atoms with Gasteiger partial charge in [0.15, 0.2) is 5.82 Å². The van der Waals surface area contributed by atoms with Crippen molar-refractivity contribution in [3.63, 3.8) is 0 Å². The molecule has 2 N–H and O–H groups in total. The largest absolute Gasteiger partial charge is 0.324 e. The standard InChI is InChI=1S/C28H28N6O2S/c35-27(34-14-6-10-20-9-4-5-11-24(20)34)23-18-37-26(29-23)21-12-15-33(16-13-21)28(36)30-25-17-22(31-32-25)19-7-2-1-3-8-19/h1-5,7-9,11,17-18,21H,6,10,12-16H2,(H2,30,31,32,36). The minimum Gasteiger partial charge on any atom is -0.324 e. The van der Waals surface area contributed by atoms with Crippen molar-refractivity contribution in [2.75, 3.05) is 29.9 Å². The highest BCUT2D eigenvalue weighted by atomic mass is 32.1. The van der Waals surface area contributed by atoms with Crippen LogP contribution in [0.1, 0.15) is 46.2 Å². The van der Waals surface area contributed by atoms with Crippen LogP contribution in [0, 0.1) is 0 Å². The molecule has 0 aliphatic carbocycles. The lowest BCUT2D eigenvalue weighted by molar-refractivity contribution is 0.0980. The second-order valence-electron chi connectivity index (χ2n) is 9.48. The van der Waals surface area contributed by atoms with Gasteiger partial charge in [-0.25, -0.2) is 9.78 Å². The van der Waals surface area contributed by atoms with Crippen LogP contribution in [0.2, 0.25) is 0 Å². The van der Waals surface area contributed by atoms with Crippen molar-refractivity contribution in [2.45, 2.75) is 31.6 Å². The van der Waals surface area contributed by atoms with Gasteiger partial charge in [0.05, 0.1) is 10.7 Å². The Morgan fingerprint density at radius 2 is 1.78 bits per heavy atom. The zero-order valence-electron chi connectivity index (χ0n) is 20.4. The summed E-state index contributed by atoms with van der Waals surface area (Å²) in [6.45, 7) is 1.99. The number of aromatic nitrogens is 3. The number of para-hydroxylation sites is 1. The van der Waals surface area contributed by atoms with Crippen molar-refractivity contribution < 1.29 is 9.59 Å². The zero-order chi connectivity index (χ0) is 25.2. The number of rotatable bonds is 4. The van der Waals surface area contributed by atoms with Gasteiger partial charge < -0.3 is 9.80 Å². The Hall–Kier alpha value is -3.98. The smallest absolute Gasteiger partial charge is 0.323 e. The lowest BCUT2D eigenvalue weighted by Crippen LogP contribution is -2.40. The Balaban J connectivity index is 1.05. The number of urea groups is 1. The van der Waals surface area contributed by atoms with Crippen LogP contribution < -0.4 is 10.2 Å². The Labute approximate surface area is 219 Å². The van der Waals surface area contributed by atoms with Crippen molar-refractivity contribution in [1.29, 1.82) is 0 Å². The number of carbonyl (C=O) groups excluding carboxylic acids is 2. The van der Waals surface area contributed by atoms with Crippen LogP contribution in [-0.4, -0.2) is 51.7 Å². The van der Waals surface area contributed by atoms with Gasteiger partial charge in [-0.05, 0) is 42.9 Å². The van der Waals surface area contributed by atoms with Crippen LogP contribution in [0.15, 0.2) is 66.0 Å². The average molecular weight is 513 g/mol. The molecule has 0 unspecified atom stereocenters. The first kappa shape index (κ1) is 23.4. The first-order valence-electron chi connectivity index (χ1n) is 12.7. The summed E-state index contributed by atoms with van der Waals surface area (Å²) >= 11 is 1.55. The van der Waals surface area contributed by atoms with Gasteiger partial charge in [-0.3, -0.25) is 15.2 Å². The summed E-state index contributed by atoms with van der Waals surface area (Å²) in [6.07, 6.45) is 3.60. The van der Waals surface area contributed by atoms with Gasteiger partial charge in [0.25, 0.3) is 5.91 Å². The molecular formula is C28H28N6O2S. The Kier molecular flexibility index (Phi) is 6.44. The van der Waals surface area contributed by atoms with E-state index in [2.05, 4.69) is 21.6 Å². The van der Waals surface area contributed by atoms with Crippen LogP contribution in [0.5, 0.6) is 0 Å². The second kappa shape index (κ2) is 10.2. The fraction of sp³-hybridized carbons (Fsp3) is 0.286. The van der Waals surface area contributed by atoms with Gasteiger partial charge in [-0.15, -0.1) is 11.3 Å². The van der Waals surface area contributed by atoms with E-state index in [1.54, 1.807) is 11.3 Å². The van der Waals surface area contributed by atoms with Gasteiger partial charge in [-0.1, -0.05) is 48.5 Å². The van der Waals surface area contributed by atoms with Crippen LogP contribution in [0.4, 0.5) is 16.3 Å². The third kappa shape index (κ3) is 4.86. The molecule has 8 nitrogen and oxygen atoms in total. The quantitative estimate of drug-likeness (QED) is 0.376. The number of likely N-dealkylation sites (tertiary alicyclic amines) is 1. The number of hydrogen-bond donors (Lipinski definition) is 2. The number of nitrogens with one attached hydrogen (secondary N) is 2. The highest BCUT2D eigenvalue weighted by molar-refractivity contribution is 7.10. The zero-order valence-corrected chi connectivity index (χ0v) is 21.2. The highest BCUT2D eigenvalue weighted by Crippen LogP contribution is 2.33. The lowest BCUT2D eigenvalue weighted by atomic mass is 9.98. The number of aryl methyl sites for hydroxylation is 1. The third-order valence-electron chi connectivity index (χ3n) is 7.13. The monoisotopic (exact) mass is 512 g/mol. The third-order valence-corrected chi connectivity index (χ3v) is 8.13. The van der Waals surface area contributed by atoms with Gasteiger partial charge in [0.2, 0.25) is 0 Å². The maximum absolute atomic E-state index is 13.3. The van der Waals surface area contributed by atoms with E-state index in [1.807, 2.05) is 69.8 Å². The topological polar surface area (TPSA) is 94.2 Å². The molecule has 188 valence electrons. The van der Waals surface area contributed by atoms with E-state index in [1.165, 1.54) is 5.56 Å². The number of nitrogens with zero attached hydrogens (tertiary/aromatic N) is 4.